The highest BCUT2D eigenvalue weighted by Gasteiger charge is 2.22. The van der Waals surface area contributed by atoms with Gasteiger partial charge in [-0.15, -0.1) is 11.3 Å². The lowest BCUT2D eigenvalue weighted by Crippen LogP contribution is -2.40. The number of nitrogen functional groups attached to an aromatic ring is 1. The van der Waals surface area contributed by atoms with Crippen molar-refractivity contribution < 1.29 is 24.6 Å². The SMILES string of the molecule is Nc1nc2[nH]c(CCCCc3ccc(C(=O)NC(CCC(=O)O)C(=O)O)s3)cc2c(=O)[nH]1. The van der Waals surface area contributed by atoms with Crippen LogP contribution in [0.5, 0.6) is 0 Å². The molecule has 3 heterocycles. The number of carboxylic acids is 2. The monoisotopic (exact) mass is 461 g/mol. The predicted molar refractivity (Wildman–Crippen MR) is 118 cm³/mol. The number of carbonyl (C=O) groups is 3. The second-order valence-electron chi connectivity index (χ2n) is 7.28. The molecule has 3 aromatic rings. The Hall–Kier alpha value is -3.67. The molecule has 3 aromatic heterocycles. The van der Waals surface area contributed by atoms with E-state index in [4.69, 9.17) is 15.9 Å². The van der Waals surface area contributed by atoms with Gasteiger partial charge < -0.3 is 26.2 Å². The topological polar surface area (TPSA) is 191 Å². The van der Waals surface area contributed by atoms with Gasteiger partial charge in [-0.1, -0.05) is 0 Å². The van der Waals surface area contributed by atoms with E-state index in [-0.39, 0.29) is 24.3 Å². The molecule has 11 nitrogen and oxygen atoms in total. The van der Waals surface area contributed by atoms with E-state index >= 15 is 0 Å². The van der Waals surface area contributed by atoms with Crippen LogP contribution >= 0.6 is 11.3 Å². The lowest BCUT2D eigenvalue weighted by molar-refractivity contribution is -0.140. The summed E-state index contributed by atoms with van der Waals surface area (Å²) < 4.78 is 0. The first-order chi connectivity index (χ1) is 15.2. The van der Waals surface area contributed by atoms with Crippen molar-refractivity contribution >= 4 is 46.2 Å². The zero-order chi connectivity index (χ0) is 23.3. The van der Waals surface area contributed by atoms with Crippen LogP contribution in [0.25, 0.3) is 11.0 Å². The van der Waals surface area contributed by atoms with Gasteiger partial charge in [-0.3, -0.25) is 19.4 Å². The number of nitrogens with two attached hydrogens (primary N) is 1. The van der Waals surface area contributed by atoms with Crippen molar-refractivity contribution in [1.29, 1.82) is 0 Å². The molecule has 0 aromatic carbocycles. The van der Waals surface area contributed by atoms with E-state index in [1.165, 1.54) is 11.3 Å². The van der Waals surface area contributed by atoms with Gasteiger partial charge in [-0.25, -0.2) is 4.79 Å². The van der Waals surface area contributed by atoms with E-state index in [9.17, 15) is 19.2 Å². The van der Waals surface area contributed by atoms with Gasteiger partial charge in [0.05, 0.1) is 10.3 Å². The summed E-state index contributed by atoms with van der Waals surface area (Å²) in [7, 11) is 0. The molecule has 1 atom stereocenters. The smallest absolute Gasteiger partial charge is 0.326 e. The highest BCUT2D eigenvalue weighted by atomic mass is 32.1. The second-order valence-corrected chi connectivity index (χ2v) is 8.45. The number of H-pyrrole nitrogens is 2. The molecule has 0 spiro atoms. The molecule has 32 heavy (non-hydrogen) atoms. The number of carboxylic acid groups (broad SMARTS) is 2. The summed E-state index contributed by atoms with van der Waals surface area (Å²) in [6.07, 6.45) is 2.62. The Morgan fingerprint density at radius 1 is 1.16 bits per heavy atom. The molecule has 12 heteroatoms. The number of thiophene rings is 1. The van der Waals surface area contributed by atoms with Crippen LogP contribution in [0.1, 0.15) is 45.9 Å². The normalized spacial score (nSPS) is 12.0. The van der Waals surface area contributed by atoms with Gasteiger partial charge in [-0.05, 0) is 50.3 Å². The molecule has 1 unspecified atom stereocenters. The van der Waals surface area contributed by atoms with Crippen LogP contribution in [-0.2, 0) is 22.4 Å². The number of unbranched alkanes of at least 4 members (excludes halogenated alkanes) is 1. The molecule has 3 rings (SSSR count). The van der Waals surface area contributed by atoms with Gasteiger partial charge in [0, 0.05) is 17.0 Å². The Labute approximate surface area is 185 Å². The molecule has 0 saturated carbocycles. The van der Waals surface area contributed by atoms with Gasteiger partial charge in [-0.2, -0.15) is 4.98 Å². The van der Waals surface area contributed by atoms with Crippen molar-refractivity contribution in [2.45, 2.75) is 44.6 Å². The van der Waals surface area contributed by atoms with E-state index in [2.05, 4.69) is 20.3 Å². The average molecular weight is 462 g/mol. The number of carbonyl (C=O) groups excluding carboxylic acids is 1. The number of amides is 1. The molecule has 0 aliphatic carbocycles. The first-order valence-corrected chi connectivity index (χ1v) is 10.8. The quantitative estimate of drug-likeness (QED) is 0.231. The number of aromatic amines is 2. The Bertz CT molecular complexity index is 1200. The molecule has 7 N–H and O–H groups in total. The van der Waals surface area contributed by atoms with Crippen LogP contribution in [0.2, 0.25) is 0 Å². The number of hydrogen-bond acceptors (Lipinski definition) is 7. The van der Waals surface area contributed by atoms with Crippen molar-refractivity contribution in [2.75, 3.05) is 5.73 Å². The maximum absolute atomic E-state index is 12.3. The minimum absolute atomic E-state index is 0.0602. The van der Waals surface area contributed by atoms with Crippen LogP contribution in [0.3, 0.4) is 0 Å². The molecule has 0 bridgehead atoms. The molecule has 0 radical (unpaired) electrons. The molecule has 170 valence electrons. The van der Waals surface area contributed by atoms with Crippen LogP contribution in [0, 0.1) is 0 Å². The standard InChI is InChI=1S/C20H23N5O6S/c21-20-24-16-12(17(28)25-20)9-10(22-16)3-1-2-4-11-5-7-14(32-11)18(29)23-13(19(30)31)6-8-15(26)27/h5,7,9,13H,1-4,6,8H2,(H,23,29)(H,26,27)(H,30,31)(H4,21,22,24,25,28). The molecule has 0 aliphatic heterocycles. The number of fused-ring (bicyclic) bond motifs is 1. The van der Waals surface area contributed by atoms with Crippen molar-refractivity contribution in [2.24, 2.45) is 0 Å². The van der Waals surface area contributed by atoms with Gasteiger partial charge in [0.1, 0.15) is 11.7 Å². The lowest BCUT2D eigenvalue weighted by atomic mass is 10.1. The number of aliphatic carboxylic acids is 2. The second kappa shape index (κ2) is 10.1. The lowest BCUT2D eigenvalue weighted by Gasteiger charge is -2.12. The average Bonchev–Trinajstić information content (AvgIpc) is 3.35. The highest BCUT2D eigenvalue weighted by Crippen LogP contribution is 2.20. The maximum Gasteiger partial charge on any atom is 0.326 e. The summed E-state index contributed by atoms with van der Waals surface area (Å²) in [5, 5.41) is 20.7. The first kappa shape index (κ1) is 23.0. The minimum atomic E-state index is -1.27. The zero-order valence-electron chi connectivity index (χ0n) is 17.0. The fourth-order valence-electron chi connectivity index (χ4n) is 3.23. The fourth-order valence-corrected chi connectivity index (χ4v) is 4.18. The number of hydrogen-bond donors (Lipinski definition) is 6. The summed E-state index contributed by atoms with van der Waals surface area (Å²) in [4.78, 5) is 57.0. The summed E-state index contributed by atoms with van der Waals surface area (Å²) in [5.74, 6) is -2.86. The van der Waals surface area contributed by atoms with Gasteiger partial charge in [0.25, 0.3) is 11.5 Å². The number of nitrogens with zero attached hydrogens (tertiary/aromatic N) is 1. The van der Waals surface area contributed by atoms with Crippen molar-refractivity contribution in [3.05, 3.63) is 44.0 Å². The Balaban J connectivity index is 1.49. The Kier molecular flexibility index (Phi) is 7.25. The van der Waals surface area contributed by atoms with E-state index in [1.807, 2.05) is 6.07 Å². The minimum Gasteiger partial charge on any atom is -0.481 e. The molecule has 0 saturated heterocycles. The third-order valence-corrected chi connectivity index (χ3v) is 5.97. The molecular formula is C20H23N5O6S. The zero-order valence-corrected chi connectivity index (χ0v) is 17.8. The largest absolute Gasteiger partial charge is 0.481 e. The Morgan fingerprint density at radius 3 is 2.62 bits per heavy atom. The van der Waals surface area contributed by atoms with E-state index in [0.29, 0.717) is 15.9 Å². The van der Waals surface area contributed by atoms with Crippen molar-refractivity contribution in [3.63, 3.8) is 0 Å². The van der Waals surface area contributed by atoms with Gasteiger partial charge in [0.15, 0.2) is 0 Å². The van der Waals surface area contributed by atoms with Crippen LogP contribution < -0.4 is 16.6 Å². The van der Waals surface area contributed by atoms with Gasteiger partial charge in [0.2, 0.25) is 5.95 Å². The fraction of sp³-hybridized carbons (Fsp3) is 0.350. The molecule has 0 fully saturated rings. The third kappa shape index (κ3) is 5.94. The maximum atomic E-state index is 12.3. The van der Waals surface area contributed by atoms with E-state index in [1.54, 1.807) is 12.1 Å². The Morgan fingerprint density at radius 2 is 1.91 bits per heavy atom. The third-order valence-electron chi connectivity index (χ3n) is 4.83. The van der Waals surface area contributed by atoms with Crippen LogP contribution in [0.15, 0.2) is 23.0 Å². The van der Waals surface area contributed by atoms with Crippen LogP contribution in [0.4, 0.5) is 5.95 Å². The number of rotatable bonds is 11. The molecule has 1 amide bonds. The summed E-state index contributed by atoms with van der Waals surface area (Å²) in [6.45, 7) is 0. The molecule has 0 aliphatic rings. The van der Waals surface area contributed by atoms with Crippen molar-refractivity contribution in [1.82, 2.24) is 20.3 Å². The van der Waals surface area contributed by atoms with Crippen LogP contribution in [-0.4, -0.2) is 49.1 Å². The van der Waals surface area contributed by atoms with E-state index < -0.39 is 23.9 Å². The van der Waals surface area contributed by atoms with Crippen molar-refractivity contribution in [3.8, 4) is 0 Å². The summed E-state index contributed by atoms with van der Waals surface area (Å²) >= 11 is 1.27. The number of aromatic nitrogens is 3. The first-order valence-electron chi connectivity index (χ1n) is 9.94. The molecular weight excluding hydrogens is 438 g/mol. The predicted octanol–water partition coefficient (Wildman–Crippen LogP) is 1.51. The summed E-state index contributed by atoms with van der Waals surface area (Å²) in [5.41, 5.74) is 6.60. The number of anilines is 1. The van der Waals surface area contributed by atoms with Gasteiger partial charge >= 0.3 is 11.9 Å². The van der Waals surface area contributed by atoms with E-state index in [0.717, 1.165) is 36.3 Å². The number of nitrogens with one attached hydrogen (secondary N) is 3. The summed E-state index contributed by atoms with van der Waals surface area (Å²) in [6, 6.07) is 3.96. The number of aryl methyl sites for hydroxylation is 2. The highest BCUT2D eigenvalue weighted by molar-refractivity contribution is 7.14.